The van der Waals surface area contributed by atoms with Crippen LogP contribution in [0.25, 0.3) is 0 Å². The molecule has 1 aromatic rings. The Labute approximate surface area is 119 Å². The first-order valence-corrected chi connectivity index (χ1v) is 8.01. The molecule has 0 aliphatic carbocycles. The van der Waals surface area contributed by atoms with E-state index in [4.69, 9.17) is 11.6 Å². The summed E-state index contributed by atoms with van der Waals surface area (Å²) in [4.78, 5) is 3.79. The normalized spacial score (nSPS) is 21.4. The fraction of sp³-hybridized carbons (Fsp3) is 0.500. The van der Waals surface area contributed by atoms with E-state index < -0.39 is 10.0 Å². The molecule has 0 bridgehead atoms. The van der Waals surface area contributed by atoms with Gasteiger partial charge in [0.2, 0.25) is 10.0 Å². The van der Waals surface area contributed by atoms with Crippen molar-refractivity contribution in [3.8, 4) is 0 Å². The number of aliphatic hydroxyl groups is 1. The quantitative estimate of drug-likeness (QED) is 0.837. The molecule has 0 radical (unpaired) electrons. The molecule has 0 amide bonds. The van der Waals surface area contributed by atoms with Crippen molar-refractivity contribution in [3.05, 3.63) is 21.9 Å². The number of nitrogens with zero attached hydrogens (tertiary/aromatic N) is 2. The minimum Gasteiger partial charge on any atom is -0.395 e. The summed E-state index contributed by atoms with van der Waals surface area (Å²) in [5.41, 5.74) is 0. The van der Waals surface area contributed by atoms with E-state index >= 15 is 0 Å². The van der Waals surface area contributed by atoms with Gasteiger partial charge in [0, 0.05) is 23.3 Å². The van der Waals surface area contributed by atoms with E-state index in [-0.39, 0.29) is 22.7 Å². The van der Waals surface area contributed by atoms with E-state index in [1.54, 1.807) is 0 Å². The molecule has 100 valence electrons. The highest BCUT2D eigenvalue weighted by atomic mass is 79.9. The fourth-order valence-electron chi connectivity index (χ4n) is 2.02. The molecule has 0 aromatic carbocycles. The summed E-state index contributed by atoms with van der Waals surface area (Å²) in [7, 11) is -3.70. The van der Waals surface area contributed by atoms with E-state index in [0.717, 1.165) is 6.42 Å². The third-order valence-corrected chi connectivity index (χ3v) is 5.71. The van der Waals surface area contributed by atoms with E-state index in [1.807, 2.05) is 0 Å². The first-order chi connectivity index (χ1) is 8.46. The zero-order valence-electron chi connectivity index (χ0n) is 9.38. The van der Waals surface area contributed by atoms with Gasteiger partial charge >= 0.3 is 0 Å². The summed E-state index contributed by atoms with van der Waals surface area (Å²) in [5, 5.41) is 9.15. The Balaban J connectivity index is 2.45. The minimum absolute atomic E-state index is 0.0288. The van der Waals surface area contributed by atoms with Crippen molar-refractivity contribution in [1.29, 1.82) is 0 Å². The third kappa shape index (κ3) is 2.55. The lowest BCUT2D eigenvalue weighted by Crippen LogP contribution is -2.37. The number of aliphatic hydroxyl groups excluding tert-OH is 1. The second kappa shape index (κ2) is 5.42. The summed E-state index contributed by atoms with van der Waals surface area (Å²) in [6, 6.07) is 1.06. The number of sulfonamides is 1. The maximum Gasteiger partial charge on any atom is 0.246 e. The van der Waals surface area contributed by atoms with Crippen LogP contribution in [0.1, 0.15) is 12.8 Å². The van der Waals surface area contributed by atoms with Crippen LogP contribution < -0.4 is 0 Å². The average molecular weight is 356 g/mol. The summed E-state index contributed by atoms with van der Waals surface area (Å²) in [6.07, 6.45) is 2.84. The van der Waals surface area contributed by atoms with Crippen LogP contribution in [0.2, 0.25) is 5.15 Å². The van der Waals surface area contributed by atoms with E-state index in [1.165, 1.54) is 16.6 Å². The smallest absolute Gasteiger partial charge is 0.246 e. The van der Waals surface area contributed by atoms with Gasteiger partial charge < -0.3 is 5.11 Å². The molecule has 1 aliphatic rings. The molecule has 1 N–H and O–H groups in total. The van der Waals surface area contributed by atoms with Crippen LogP contribution in [-0.4, -0.2) is 42.0 Å². The standard InChI is InChI=1S/C10H12BrClN2O3S/c11-7-4-9(10(12)13-5-7)18(16,17)14-3-1-2-8(14)6-15/h4-5,8,15H,1-3,6H2/t8-/m0/s1. The van der Waals surface area contributed by atoms with Crippen molar-refractivity contribution < 1.29 is 13.5 Å². The van der Waals surface area contributed by atoms with Gasteiger partial charge in [-0.05, 0) is 34.8 Å². The summed E-state index contributed by atoms with van der Waals surface area (Å²) >= 11 is 9.03. The van der Waals surface area contributed by atoms with Crippen molar-refractivity contribution >= 4 is 37.6 Å². The summed E-state index contributed by atoms with van der Waals surface area (Å²) < 4.78 is 26.7. The van der Waals surface area contributed by atoms with Gasteiger partial charge in [-0.2, -0.15) is 4.31 Å². The van der Waals surface area contributed by atoms with E-state index in [0.29, 0.717) is 17.4 Å². The van der Waals surface area contributed by atoms with Crippen molar-refractivity contribution in [3.63, 3.8) is 0 Å². The molecule has 1 aliphatic heterocycles. The zero-order valence-corrected chi connectivity index (χ0v) is 12.5. The van der Waals surface area contributed by atoms with Gasteiger partial charge in [-0.1, -0.05) is 11.6 Å². The average Bonchev–Trinajstić information content (AvgIpc) is 2.81. The SMILES string of the molecule is O=S(=O)(c1cc(Br)cnc1Cl)N1CCC[C@H]1CO. The van der Waals surface area contributed by atoms with Crippen LogP contribution in [0.3, 0.4) is 0 Å². The molecular formula is C10H12BrClN2O3S. The maximum atomic E-state index is 12.4. The van der Waals surface area contributed by atoms with Crippen LogP contribution in [0.15, 0.2) is 21.6 Å². The summed E-state index contributed by atoms with van der Waals surface area (Å²) in [6.45, 7) is 0.217. The summed E-state index contributed by atoms with van der Waals surface area (Å²) in [5.74, 6) is 0. The van der Waals surface area contributed by atoms with Gasteiger partial charge in [0.1, 0.15) is 10.0 Å². The molecule has 1 fully saturated rings. The topological polar surface area (TPSA) is 70.5 Å². The number of aromatic nitrogens is 1. The zero-order chi connectivity index (χ0) is 13.3. The molecule has 1 aromatic heterocycles. The molecule has 18 heavy (non-hydrogen) atoms. The first kappa shape index (κ1) is 14.2. The Morgan fingerprint density at radius 2 is 2.33 bits per heavy atom. The molecule has 2 rings (SSSR count). The molecule has 0 unspecified atom stereocenters. The van der Waals surface area contributed by atoms with Gasteiger partial charge in [0.15, 0.2) is 0 Å². The lowest BCUT2D eigenvalue weighted by atomic mass is 10.2. The van der Waals surface area contributed by atoms with Gasteiger partial charge in [-0.25, -0.2) is 13.4 Å². The number of hydrogen-bond acceptors (Lipinski definition) is 4. The van der Waals surface area contributed by atoms with Crippen LogP contribution in [-0.2, 0) is 10.0 Å². The Bertz CT molecular complexity index is 552. The number of pyridine rings is 1. The minimum atomic E-state index is -3.70. The predicted octanol–water partition coefficient (Wildman–Crippen LogP) is 1.64. The largest absolute Gasteiger partial charge is 0.395 e. The second-order valence-electron chi connectivity index (χ2n) is 4.04. The number of halogens is 2. The van der Waals surface area contributed by atoms with E-state index in [9.17, 15) is 13.5 Å². The Morgan fingerprint density at radius 1 is 1.61 bits per heavy atom. The number of rotatable bonds is 3. The Kier molecular flexibility index (Phi) is 4.28. The molecular weight excluding hydrogens is 344 g/mol. The third-order valence-electron chi connectivity index (χ3n) is 2.89. The number of hydrogen-bond donors (Lipinski definition) is 1. The van der Waals surface area contributed by atoms with Gasteiger partial charge in [-0.15, -0.1) is 0 Å². The molecule has 1 atom stereocenters. The second-order valence-corrected chi connectivity index (χ2v) is 7.17. The van der Waals surface area contributed by atoms with Gasteiger partial charge in [0.25, 0.3) is 0 Å². The van der Waals surface area contributed by atoms with Gasteiger partial charge in [-0.3, -0.25) is 0 Å². The highest BCUT2D eigenvalue weighted by Gasteiger charge is 2.36. The Morgan fingerprint density at radius 3 is 3.00 bits per heavy atom. The highest BCUT2D eigenvalue weighted by molar-refractivity contribution is 9.10. The van der Waals surface area contributed by atoms with Crippen molar-refractivity contribution in [2.24, 2.45) is 0 Å². The first-order valence-electron chi connectivity index (χ1n) is 5.40. The van der Waals surface area contributed by atoms with Crippen LogP contribution in [0.4, 0.5) is 0 Å². The molecule has 1 saturated heterocycles. The van der Waals surface area contributed by atoms with E-state index in [2.05, 4.69) is 20.9 Å². The van der Waals surface area contributed by atoms with Crippen LogP contribution in [0.5, 0.6) is 0 Å². The molecule has 0 spiro atoms. The monoisotopic (exact) mass is 354 g/mol. The lowest BCUT2D eigenvalue weighted by molar-refractivity contribution is 0.213. The van der Waals surface area contributed by atoms with Crippen molar-refractivity contribution in [2.45, 2.75) is 23.8 Å². The lowest BCUT2D eigenvalue weighted by Gasteiger charge is -2.22. The fourth-order valence-corrected chi connectivity index (χ4v) is 4.63. The van der Waals surface area contributed by atoms with Gasteiger partial charge in [0.05, 0.1) is 6.61 Å². The maximum absolute atomic E-state index is 12.4. The van der Waals surface area contributed by atoms with Crippen LogP contribution in [0, 0.1) is 0 Å². The molecule has 2 heterocycles. The van der Waals surface area contributed by atoms with Crippen molar-refractivity contribution in [1.82, 2.24) is 9.29 Å². The van der Waals surface area contributed by atoms with Crippen molar-refractivity contribution in [2.75, 3.05) is 13.2 Å². The molecule has 5 nitrogen and oxygen atoms in total. The predicted molar refractivity (Wildman–Crippen MR) is 70.9 cm³/mol. The Hall–Kier alpha value is -0.210. The van der Waals surface area contributed by atoms with Crippen LogP contribution >= 0.6 is 27.5 Å². The molecule has 0 saturated carbocycles. The highest BCUT2D eigenvalue weighted by Crippen LogP contribution is 2.30. The molecule has 8 heteroatoms.